The Morgan fingerprint density at radius 3 is 1.05 bits per heavy atom. The van der Waals surface area contributed by atoms with Crippen LogP contribution in [0.25, 0.3) is 43.6 Å². The summed E-state index contributed by atoms with van der Waals surface area (Å²) in [6.45, 7) is 12.6. The molecule has 20 nitrogen and oxygen atoms in total. The number of aromatic nitrogens is 12. The molecule has 16 rings (SSSR count). The number of hydrogen-bond acceptors (Lipinski definition) is 16. The molecule has 8 heterocycles. The van der Waals surface area contributed by atoms with Gasteiger partial charge in [0.05, 0.1) is 66.9 Å². The number of benzene rings is 4. The fourth-order valence-corrected chi connectivity index (χ4v) is 14.8. The van der Waals surface area contributed by atoms with E-state index in [4.69, 9.17) is 0 Å². The van der Waals surface area contributed by atoms with Crippen molar-refractivity contribution in [1.29, 1.82) is 0 Å². The van der Waals surface area contributed by atoms with Gasteiger partial charge in [0.15, 0.2) is 0 Å². The van der Waals surface area contributed by atoms with Gasteiger partial charge < -0.3 is 39.5 Å². The summed E-state index contributed by atoms with van der Waals surface area (Å²) in [5.74, 6) is -2.13. The standard InChI is InChI=1S/2C21H18F6N4O.C21H19F5N4O.C21H20F4N4O/c1-10(12-4-3-5-14(17(12)22)21(25,26)27)28-18-13-9-31(20(6-7-20)19(23)24)16(32)8-15(13)29-11(2)30-18;1-9(11-4-3-5-12(14(11)22)17(24)25)28-18-13-8-31(21(6-7-21)20(26)27)19(32)15(23)16(13)29-10(2)30-18;1-11(13-4-3-5-14(8-13)21(24,25)26)27-18-15-10-30(20(6-7-20)19(22)23)17(31)9-16(15)28-12(2)29-18;1-11(13-4-3-5-14(8-13)18(22)23)26-19-15-10-29(21(6-7-21)20(24)25)17(30)9-16(15)27-12(2)28-19/h3-5,8-10,19H,6-7H2,1-2H3,(H,28,29,30);3-5,8-9,17,20H,6-7H2,1-2H3,(H,28,29,30);3-5,8-11,19H,6-7H2,1-2H3,(H,27,28,29);3-5,8-11,18,20H,6-7H2,1-2H3,(H,26,27,28)/t10-;9-;2*11-/m1111/s1. The van der Waals surface area contributed by atoms with E-state index in [9.17, 15) is 111 Å². The number of pyridine rings is 4. The minimum atomic E-state index is -4.86. The summed E-state index contributed by atoms with van der Waals surface area (Å²) in [5.41, 5.74) is -11.3. The molecule has 662 valence electrons. The van der Waals surface area contributed by atoms with E-state index in [1.807, 2.05) is 0 Å². The van der Waals surface area contributed by atoms with E-state index in [0.29, 0.717) is 55.5 Å². The smallest absolute Gasteiger partial charge is 0.363 e. The fourth-order valence-electron chi connectivity index (χ4n) is 14.8. The molecule has 4 aromatic carbocycles. The van der Waals surface area contributed by atoms with E-state index in [0.717, 1.165) is 50.2 Å². The van der Waals surface area contributed by atoms with Crippen LogP contribution in [0.2, 0.25) is 0 Å². The Hall–Kier alpha value is -12.2. The van der Waals surface area contributed by atoms with Gasteiger partial charge in [-0.2, -0.15) is 30.7 Å². The van der Waals surface area contributed by atoms with Crippen LogP contribution in [0.5, 0.6) is 0 Å². The van der Waals surface area contributed by atoms with Crippen molar-refractivity contribution in [3.8, 4) is 0 Å². The molecule has 0 aliphatic heterocycles. The van der Waals surface area contributed by atoms with Gasteiger partial charge in [0, 0.05) is 71.8 Å². The molecule has 4 N–H and O–H groups in total. The SMILES string of the molecule is Cc1nc(N[C@H](C)c2cccc(C(F)(F)F)c2)c2cn(C3(C(F)F)CC3)c(=O)cc2n1.Cc1nc(N[C@H](C)c2cccc(C(F)(F)F)c2F)c2cn(C3(C(F)F)CC3)c(=O)cc2n1.Cc1nc(N[C@H](C)c2cccc(C(F)F)c2)c2cn(C3(C(F)F)CC3)c(=O)cc2n1.Cc1nc(N[C@H](C)c2cccc(C(F)F)c2F)c2cn(C3(C(F)F)CC3)c(=O)c(F)c2n1. The third-order valence-corrected chi connectivity index (χ3v) is 22.4. The number of nitrogens with one attached hydrogen (secondary N) is 4. The van der Waals surface area contributed by atoms with Gasteiger partial charge in [-0.05, 0) is 142 Å². The highest BCUT2D eigenvalue weighted by Crippen LogP contribution is 2.52. The number of alkyl halides is 18. The largest absolute Gasteiger partial charge is 0.419 e. The highest BCUT2D eigenvalue weighted by atomic mass is 19.4. The van der Waals surface area contributed by atoms with Gasteiger partial charge in [-0.25, -0.2) is 101 Å². The Morgan fingerprint density at radius 2 is 0.672 bits per heavy atom. The molecule has 41 heteroatoms. The zero-order chi connectivity index (χ0) is 91.0. The molecule has 0 amide bonds. The van der Waals surface area contributed by atoms with Crippen LogP contribution < -0.4 is 43.5 Å². The number of hydrogen-bond donors (Lipinski definition) is 4. The number of anilines is 4. The quantitative estimate of drug-likeness (QED) is 0.0461. The van der Waals surface area contributed by atoms with E-state index in [2.05, 4.69) is 61.1 Å². The van der Waals surface area contributed by atoms with Crippen molar-refractivity contribution in [2.24, 2.45) is 0 Å². The van der Waals surface area contributed by atoms with E-state index in [1.165, 1.54) is 94.8 Å². The molecule has 0 radical (unpaired) electrons. The van der Waals surface area contributed by atoms with Crippen LogP contribution in [-0.4, -0.2) is 83.8 Å². The van der Waals surface area contributed by atoms with Gasteiger partial charge in [-0.15, -0.1) is 0 Å². The van der Waals surface area contributed by atoms with Gasteiger partial charge in [0.2, 0.25) is 5.82 Å². The van der Waals surface area contributed by atoms with Crippen molar-refractivity contribution in [2.45, 2.75) is 204 Å². The van der Waals surface area contributed by atoms with E-state index >= 15 is 0 Å². The third-order valence-electron chi connectivity index (χ3n) is 22.4. The van der Waals surface area contributed by atoms with Gasteiger partial charge in [0.1, 0.15) is 85.9 Å². The van der Waals surface area contributed by atoms with Crippen molar-refractivity contribution >= 4 is 66.9 Å². The van der Waals surface area contributed by atoms with Crippen LogP contribution in [0.4, 0.5) is 115 Å². The predicted octanol–water partition coefficient (Wildman–Crippen LogP) is 20.4. The predicted molar refractivity (Wildman–Crippen MR) is 421 cm³/mol. The minimum absolute atomic E-state index is 0.00698. The lowest BCUT2D eigenvalue weighted by Crippen LogP contribution is -2.37. The van der Waals surface area contributed by atoms with E-state index in [1.54, 1.807) is 45.9 Å². The first kappa shape index (κ1) is 90.5. The van der Waals surface area contributed by atoms with Crippen LogP contribution in [0.1, 0.15) is 184 Å². The summed E-state index contributed by atoms with van der Waals surface area (Å²) < 4.78 is 287. The molecule has 4 aliphatic carbocycles. The Labute approximate surface area is 694 Å². The van der Waals surface area contributed by atoms with Crippen molar-refractivity contribution < 1.29 is 92.2 Å². The molecule has 4 aliphatic rings. The molecular formula is C84H75F21N16O4. The molecule has 0 saturated heterocycles. The van der Waals surface area contributed by atoms with Gasteiger partial charge in [-0.1, -0.05) is 60.7 Å². The second-order valence-electron chi connectivity index (χ2n) is 31.1. The van der Waals surface area contributed by atoms with Crippen molar-refractivity contribution in [3.05, 3.63) is 255 Å². The number of fused-ring (bicyclic) bond motifs is 4. The monoisotopic (exact) mass is 1770 g/mol. The summed E-state index contributed by atoms with van der Waals surface area (Å²) in [5, 5.41) is 12.8. The van der Waals surface area contributed by atoms with Gasteiger partial charge in [-0.3, -0.25) is 19.2 Å². The molecule has 8 aromatic heterocycles. The van der Waals surface area contributed by atoms with Gasteiger partial charge in [0.25, 0.3) is 60.8 Å². The van der Waals surface area contributed by atoms with Crippen molar-refractivity contribution in [3.63, 3.8) is 0 Å². The first-order chi connectivity index (χ1) is 58.7. The summed E-state index contributed by atoms with van der Waals surface area (Å²) in [6.07, 6.45) is -19.8. The molecule has 0 bridgehead atoms. The highest BCUT2D eigenvalue weighted by molar-refractivity contribution is 5.91. The first-order valence-electron chi connectivity index (χ1n) is 38.7. The van der Waals surface area contributed by atoms with Crippen LogP contribution in [-0.2, 0) is 34.5 Å². The topological polar surface area (TPSA) is 239 Å². The van der Waals surface area contributed by atoms with Crippen LogP contribution in [0.15, 0.2) is 147 Å². The lowest BCUT2D eigenvalue weighted by atomic mass is 10.0. The maximum Gasteiger partial charge on any atom is 0.419 e. The highest BCUT2D eigenvalue weighted by Gasteiger charge is 2.57. The normalized spacial score (nSPS) is 16.3. The second kappa shape index (κ2) is 34.4. The average Bonchev–Trinajstić information content (AvgIpc) is 1.61. The molecule has 4 fully saturated rings. The second-order valence-corrected chi connectivity index (χ2v) is 31.1. The Morgan fingerprint density at radius 1 is 0.344 bits per heavy atom. The Kier molecular flexibility index (Phi) is 24.9. The Balaban J connectivity index is 0.000000143. The maximum absolute atomic E-state index is 14.9. The molecular weight excluding hydrogens is 1700 g/mol. The zero-order valence-electron chi connectivity index (χ0n) is 67.0. The maximum atomic E-state index is 14.9. The summed E-state index contributed by atoms with van der Waals surface area (Å²) in [7, 11) is 0. The van der Waals surface area contributed by atoms with Crippen LogP contribution in [0, 0.1) is 45.1 Å². The molecule has 0 spiro atoms. The molecule has 4 atom stereocenters. The summed E-state index contributed by atoms with van der Waals surface area (Å²) >= 11 is 0. The van der Waals surface area contributed by atoms with Crippen LogP contribution >= 0.6 is 0 Å². The lowest BCUT2D eigenvalue weighted by Gasteiger charge is -2.21. The Bertz CT molecular complexity index is 6380. The number of rotatable bonds is 22. The van der Waals surface area contributed by atoms with Crippen LogP contribution in [0.3, 0.4) is 0 Å². The molecule has 0 unspecified atom stereocenters. The average molecular weight is 1770 g/mol. The van der Waals surface area contributed by atoms with E-state index < -0.39 is 154 Å². The van der Waals surface area contributed by atoms with Crippen molar-refractivity contribution in [2.75, 3.05) is 21.3 Å². The van der Waals surface area contributed by atoms with E-state index in [-0.39, 0.29) is 124 Å². The summed E-state index contributed by atoms with van der Waals surface area (Å²) in [4.78, 5) is 83.4. The first-order valence-corrected chi connectivity index (χ1v) is 38.7. The minimum Gasteiger partial charge on any atom is -0.363 e. The van der Waals surface area contributed by atoms with Gasteiger partial charge >= 0.3 is 12.4 Å². The molecule has 12 aromatic rings. The molecule has 4 saturated carbocycles. The number of halogens is 21. The van der Waals surface area contributed by atoms with Crippen molar-refractivity contribution in [1.82, 2.24) is 58.1 Å². The molecule has 125 heavy (non-hydrogen) atoms. The zero-order valence-corrected chi connectivity index (χ0v) is 67.0. The third kappa shape index (κ3) is 18.2. The summed E-state index contributed by atoms with van der Waals surface area (Å²) in [6, 6.07) is 18.1. The number of aryl methyl sites for hydroxylation is 4. The lowest BCUT2D eigenvalue weighted by molar-refractivity contribution is -0.140. The fraction of sp³-hybridized carbons (Fsp3) is 0.381. The number of nitrogens with zero attached hydrogens (tertiary/aromatic N) is 12.